The summed E-state index contributed by atoms with van der Waals surface area (Å²) in [6.07, 6.45) is 1.53. The van der Waals surface area contributed by atoms with Gasteiger partial charge in [-0.2, -0.15) is 5.10 Å². The topological polar surface area (TPSA) is 76.0 Å². The second-order valence-corrected chi connectivity index (χ2v) is 6.61. The zero-order valence-corrected chi connectivity index (χ0v) is 16.0. The molecule has 0 aliphatic rings. The quantitative estimate of drug-likeness (QED) is 0.637. The van der Waals surface area contributed by atoms with Crippen LogP contribution < -0.4 is 10.6 Å². The highest BCUT2D eigenvalue weighted by Gasteiger charge is 2.12. The summed E-state index contributed by atoms with van der Waals surface area (Å²) in [5, 5.41) is 10.1. The number of rotatable bonds is 6. The number of hydrogen-bond acceptors (Lipinski definition) is 3. The van der Waals surface area contributed by atoms with Crippen LogP contribution in [0.3, 0.4) is 0 Å². The lowest BCUT2D eigenvalue weighted by Crippen LogP contribution is -2.33. The van der Waals surface area contributed by atoms with Crippen LogP contribution in [0.15, 0.2) is 54.7 Å². The predicted octanol–water partition coefficient (Wildman–Crippen LogP) is 3.75. The molecule has 0 aliphatic heterocycles. The molecule has 2 N–H and O–H groups in total. The van der Waals surface area contributed by atoms with E-state index in [0.717, 1.165) is 11.6 Å². The lowest BCUT2D eigenvalue weighted by molar-refractivity contribution is -0.115. The van der Waals surface area contributed by atoms with Crippen LogP contribution >= 0.6 is 23.2 Å². The molecule has 0 unspecified atom stereocenters. The smallest absolute Gasteiger partial charge is 0.251 e. The van der Waals surface area contributed by atoms with Gasteiger partial charge in [-0.05, 0) is 29.8 Å². The molecule has 0 radical (unpaired) electrons. The molecule has 9 heteroatoms. The molecule has 0 saturated heterocycles. The number of aromatic nitrogens is 2. The lowest BCUT2D eigenvalue weighted by Gasteiger charge is -2.11. The van der Waals surface area contributed by atoms with Crippen LogP contribution in [-0.4, -0.2) is 28.1 Å². The van der Waals surface area contributed by atoms with Crippen LogP contribution in [0.25, 0.3) is 0 Å². The summed E-state index contributed by atoms with van der Waals surface area (Å²) < 4.78 is 14.7. The average molecular weight is 421 g/mol. The van der Waals surface area contributed by atoms with Gasteiger partial charge in [0.1, 0.15) is 11.6 Å². The first-order valence-electron chi connectivity index (χ1n) is 8.22. The SMILES string of the molecule is O=C(CNC(=O)c1cccc(F)c1)Nc1ccnn1Cc1cccc(Cl)c1Cl. The van der Waals surface area contributed by atoms with E-state index in [0.29, 0.717) is 22.4 Å². The number of nitrogens with zero attached hydrogens (tertiary/aromatic N) is 2. The number of carbonyl (C=O) groups excluding carboxylic acids is 2. The Morgan fingerprint density at radius 1 is 1.11 bits per heavy atom. The maximum Gasteiger partial charge on any atom is 0.251 e. The largest absolute Gasteiger partial charge is 0.343 e. The Bertz CT molecular complexity index is 1020. The van der Waals surface area contributed by atoms with Gasteiger partial charge in [0.05, 0.1) is 29.3 Å². The minimum atomic E-state index is -0.547. The van der Waals surface area contributed by atoms with E-state index in [-0.39, 0.29) is 12.1 Å². The first-order valence-corrected chi connectivity index (χ1v) is 8.98. The van der Waals surface area contributed by atoms with Crippen LogP contribution in [0, 0.1) is 5.82 Å². The molecule has 3 aromatic rings. The Balaban J connectivity index is 1.60. The van der Waals surface area contributed by atoms with Gasteiger partial charge in [-0.15, -0.1) is 0 Å². The summed E-state index contributed by atoms with van der Waals surface area (Å²) >= 11 is 12.2. The number of nitrogens with one attached hydrogen (secondary N) is 2. The number of benzene rings is 2. The molecule has 0 saturated carbocycles. The van der Waals surface area contributed by atoms with Crippen molar-refractivity contribution in [3.8, 4) is 0 Å². The van der Waals surface area contributed by atoms with E-state index in [2.05, 4.69) is 15.7 Å². The normalized spacial score (nSPS) is 10.5. The Morgan fingerprint density at radius 3 is 2.68 bits per heavy atom. The van der Waals surface area contributed by atoms with Crippen LogP contribution in [0.2, 0.25) is 10.0 Å². The monoisotopic (exact) mass is 420 g/mol. The Morgan fingerprint density at radius 2 is 1.89 bits per heavy atom. The summed E-state index contributed by atoms with van der Waals surface area (Å²) in [5.74, 6) is -1.10. The minimum Gasteiger partial charge on any atom is -0.343 e. The lowest BCUT2D eigenvalue weighted by atomic mass is 10.2. The fourth-order valence-electron chi connectivity index (χ4n) is 2.48. The maximum absolute atomic E-state index is 13.2. The van der Waals surface area contributed by atoms with E-state index >= 15 is 0 Å². The molecule has 0 atom stereocenters. The second kappa shape index (κ2) is 8.86. The summed E-state index contributed by atoms with van der Waals surface area (Å²) in [7, 11) is 0. The van der Waals surface area contributed by atoms with Crippen molar-refractivity contribution in [1.29, 1.82) is 0 Å². The maximum atomic E-state index is 13.2. The molecule has 0 aliphatic carbocycles. The van der Waals surface area contributed by atoms with Gasteiger partial charge in [0, 0.05) is 11.6 Å². The zero-order valence-electron chi connectivity index (χ0n) is 14.5. The van der Waals surface area contributed by atoms with E-state index in [1.54, 1.807) is 28.9 Å². The number of hydrogen-bond donors (Lipinski definition) is 2. The fraction of sp³-hybridized carbons (Fsp3) is 0.105. The Labute approximate surface area is 170 Å². The highest BCUT2D eigenvalue weighted by molar-refractivity contribution is 6.42. The molecule has 2 aromatic carbocycles. The minimum absolute atomic E-state index is 0.133. The summed E-state index contributed by atoms with van der Waals surface area (Å²) in [4.78, 5) is 24.1. The van der Waals surface area contributed by atoms with Gasteiger partial charge in [-0.3, -0.25) is 9.59 Å². The van der Waals surface area contributed by atoms with Crippen molar-refractivity contribution in [2.24, 2.45) is 0 Å². The van der Waals surface area contributed by atoms with Crippen LogP contribution in [0.5, 0.6) is 0 Å². The summed E-state index contributed by atoms with van der Waals surface area (Å²) in [6, 6.07) is 12.1. The predicted molar refractivity (Wildman–Crippen MR) is 105 cm³/mol. The highest BCUT2D eigenvalue weighted by atomic mass is 35.5. The van der Waals surface area contributed by atoms with Crippen molar-refractivity contribution in [3.63, 3.8) is 0 Å². The van der Waals surface area contributed by atoms with Gasteiger partial charge in [0.25, 0.3) is 5.91 Å². The fourth-order valence-corrected chi connectivity index (χ4v) is 2.86. The van der Waals surface area contributed by atoms with Gasteiger partial charge >= 0.3 is 0 Å². The van der Waals surface area contributed by atoms with Crippen molar-refractivity contribution in [2.75, 3.05) is 11.9 Å². The van der Waals surface area contributed by atoms with Crippen LogP contribution in [0.1, 0.15) is 15.9 Å². The molecule has 0 fully saturated rings. The molecule has 1 heterocycles. The van der Waals surface area contributed by atoms with Gasteiger partial charge in [0.15, 0.2) is 0 Å². The van der Waals surface area contributed by atoms with Crippen molar-refractivity contribution in [2.45, 2.75) is 6.54 Å². The van der Waals surface area contributed by atoms with E-state index in [9.17, 15) is 14.0 Å². The molecule has 1 aromatic heterocycles. The second-order valence-electron chi connectivity index (χ2n) is 5.83. The van der Waals surface area contributed by atoms with Crippen molar-refractivity contribution < 1.29 is 14.0 Å². The molecule has 3 rings (SSSR count). The van der Waals surface area contributed by atoms with Crippen LogP contribution in [0.4, 0.5) is 10.2 Å². The third-order valence-corrected chi connectivity index (χ3v) is 4.69. The van der Waals surface area contributed by atoms with Crippen molar-refractivity contribution >= 4 is 40.8 Å². The third kappa shape index (κ3) is 4.88. The molecule has 144 valence electrons. The van der Waals surface area contributed by atoms with Gasteiger partial charge in [-0.1, -0.05) is 41.4 Å². The van der Waals surface area contributed by atoms with Crippen LogP contribution in [-0.2, 0) is 11.3 Å². The van der Waals surface area contributed by atoms with Gasteiger partial charge in [0.2, 0.25) is 5.91 Å². The third-order valence-electron chi connectivity index (χ3n) is 3.83. The van der Waals surface area contributed by atoms with E-state index in [1.165, 1.54) is 24.4 Å². The van der Waals surface area contributed by atoms with Gasteiger partial charge in [-0.25, -0.2) is 9.07 Å². The standard InChI is InChI=1S/C19H15Cl2FN4O2/c20-15-6-2-4-13(18(15)21)11-26-16(7-8-24-26)25-17(27)10-23-19(28)12-3-1-5-14(22)9-12/h1-9H,10-11H2,(H,23,28)(H,25,27). The molecule has 0 spiro atoms. The average Bonchev–Trinajstić information content (AvgIpc) is 3.10. The van der Waals surface area contributed by atoms with E-state index < -0.39 is 17.6 Å². The summed E-state index contributed by atoms with van der Waals surface area (Å²) in [5.41, 5.74) is 0.876. The first kappa shape index (κ1) is 19.9. The number of anilines is 1. The summed E-state index contributed by atoms with van der Waals surface area (Å²) in [6.45, 7) is 0.0239. The van der Waals surface area contributed by atoms with Gasteiger partial charge < -0.3 is 10.6 Å². The van der Waals surface area contributed by atoms with E-state index in [4.69, 9.17) is 23.2 Å². The Kier molecular flexibility index (Phi) is 6.28. The highest BCUT2D eigenvalue weighted by Crippen LogP contribution is 2.26. The first-order chi connectivity index (χ1) is 13.4. The van der Waals surface area contributed by atoms with Crippen molar-refractivity contribution in [3.05, 3.63) is 81.7 Å². The molecular weight excluding hydrogens is 406 g/mol. The number of amides is 2. The Hall–Kier alpha value is -2.90. The molecule has 28 heavy (non-hydrogen) atoms. The van der Waals surface area contributed by atoms with Crippen molar-refractivity contribution in [1.82, 2.24) is 15.1 Å². The zero-order chi connectivity index (χ0) is 20.1. The molecular formula is C19H15Cl2FN4O2. The number of carbonyl (C=O) groups is 2. The molecule has 6 nitrogen and oxygen atoms in total. The number of halogens is 3. The molecule has 2 amide bonds. The molecule has 0 bridgehead atoms. The van der Waals surface area contributed by atoms with E-state index in [1.807, 2.05) is 0 Å².